The molecule has 1 aromatic carbocycles. The Morgan fingerprint density at radius 1 is 1.35 bits per heavy atom. The molecular formula is C12H13ClO4. The van der Waals surface area contributed by atoms with Gasteiger partial charge in [0.15, 0.2) is 0 Å². The van der Waals surface area contributed by atoms with Crippen molar-refractivity contribution >= 4 is 23.5 Å². The highest BCUT2D eigenvalue weighted by Crippen LogP contribution is 2.23. The number of hydrogen-bond donors (Lipinski definition) is 1. The molecule has 0 aromatic heterocycles. The van der Waals surface area contributed by atoms with Crippen LogP contribution in [0.2, 0.25) is 5.02 Å². The first-order valence-electron chi connectivity index (χ1n) is 5.19. The standard InChI is InChI=1S/C12H13ClO4/c1-2-10(17-12(16)7-11(14)15)8-3-5-9(13)6-4-8/h3-6,10H,2,7H2,1H3,(H,14,15). The van der Waals surface area contributed by atoms with Crippen LogP contribution in [0.1, 0.15) is 31.4 Å². The Morgan fingerprint density at radius 3 is 2.41 bits per heavy atom. The molecule has 0 saturated carbocycles. The third kappa shape index (κ3) is 4.44. The summed E-state index contributed by atoms with van der Waals surface area (Å²) in [4.78, 5) is 21.6. The minimum absolute atomic E-state index is 0.431. The second-order valence-corrected chi connectivity index (χ2v) is 3.95. The molecular weight excluding hydrogens is 244 g/mol. The minimum Gasteiger partial charge on any atom is -0.481 e. The number of benzene rings is 1. The van der Waals surface area contributed by atoms with Crippen LogP contribution >= 0.6 is 11.6 Å². The van der Waals surface area contributed by atoms with E-state index < -0.39 is 24.5 Å². The summed E-state index contributed by atoms with van der Waals surface area (Å²) >= 11 is 5.75. The van der Waals surface area contributed by atoms with Crippen molar-refractivity contribution in [1.29, 1.82) is 0 Å². The van der Waals surface area contributed by atoms with Crippen molar-refractivity contribution in [3.63, 3.8) is 0 Å². The molecule has 1 atom stereocenters. The molecule has 1 unspecified atom stereocenters. The number of halogens is 1. The Morgan fingerprint density at radius 2 is 1.94 bits per heavy atom. The fraction of sp³-hybridized carbons (Fsp3) is 0.333. The van der Waals surface area contributed by atoms with Crippen LogP contribution in [0.5, 0.6) is 0 Å². The molecule has 1 aromatic rings. The molecule has 0 fully saturated rings. The van der Waals surface area contributed by atoms with Crippen LogP contribution in [-0.2, 0) is 14.3 Å². The van der Waals surface area contributed by atoms with Gasteiger partial charge in [-0.3, -0.25) is 9.59 Å². The summed E-state index contributed by atoms with van der Waals surface area (Å²) < 4.78 is 5.07. The first-order valence-corrected chi connectivity index (χ1v) is 5.57. The smallest absolute Gasteiger partial charge is 0.317 e. The lowest BCUT2D eigenvalue weighted by atomic mass is 10.1. The lowest BCUT2D eigenvalue weighted by molar-refractivity contribution is -0.155. The third-order valence-corrected chi connectivity index (χ3v) is 2.43. The van der Waals surface area contributed by atoms with Crippen molar-refractivity contribution in [2.45, 2.75) is 25.9 Å². The zero-order valence-electron chi connectivity index (χ0n) is 9.35. The fourth-order valence-electron chi connectivity index (χ4n) is 1.39. The number of hydrogen-bond acceptors (Lipinski definition) is 3. The molecule has 0 aliphatic carbocycles. The SMILES string of the molecule is CCC(OC(=O)CC(=O)O)c1ccc(Cl)cc1. The number of aliphatic carboxylic acids is 1. The van der Waals surface area contributed by atoms with Crippen molar-refractivity contribution in [1.82, 2.24) is 0 Å². The number of ether oxygens (including phenoxy) is 1. The van der Waals surface area contributed by atoms with Crippen LogP contribution in [0, 0.1) is 0 Å². The van der Waals surface area contributed by atoms with E-state index in [2.05, 4.69) is 0 Å². The van der Waals surface area contributed by atoms with Gasteiger partial charge in [0.2, 0.25) is 0 Å². The van der Waals surface area contributed by atoms with Crippen molar-refractivity contribution < 1.29 is 19.4 Å². The topological polar surface area (TPSA) is 63.6 Å². The van der Waals surface area contributed by atoms with Crippen LogP contribution in [-0.4, -0.2) is 17.0 Å². The summed E-state index contributed by atoms with van der Waals surface area (Å²) in [5.41, 5.74) is 0.802. The predicted octanol–water partition coefficient (Wildman–Crippen LogP) is 2.81. The van der Waals surface area contributed by atoms with E-state index in [4.69, 9.17) is 21.4 Å². The molecule has 0 aliphatic heterocycles. The molecule has 0 amide bonds. The Balaban J connectivity index is 2.68. The molecule has 0 saturated heterocycles. The summed E-state index contributed by atoms with van der Waals surface area (Å²) in [6.07, 6.45) is -0.476. The van der Waals surface area contributed by atoms with Crippen LogP contribution in [0.4, 0.5) is 0 Å². The van der Waals surface area contributed by atoms with E-state index in [-0.39, 0.29) is 0 Å². The number of carboxylic acid groups (broad SMARTS) is 1. The van der Waals surface area contributed by atoms with Gasteiger partial charge in [0.25, 0.3) is 0 Å². The van der Waals surface area contributed by atoms with Crippen LogP contribution in [0.25, 0.3) is 0 Å². The molecule has 0 radical (unpaired) electrons. The van der Waals surface area contributed by atoms with Gasteiger partial charge < -0.3 is 9.84 Å². The minimum atomic E-state index is -1.19. The molecule has 0 bridgehead atoms. The fourth-order valence-corrected chi connectivity index (χ4v) is 1.51. The molecule has 1 rings (SSSR count). The second kappa shape index (κ2) is 6.25. The van der Waals surface area contributed by atoms with Gasteiger partial charge >= 0.3 is 11.9 Å². The van der Waals surface area contributed by atoms with E-state index in [0.29, 0.717) is 11.4 Å². The average Bonchev–Trinajstić information content (AvgIpc) is 2.26. The van der Waals surface area contributed by atoms with Crippen molar-refractivity contribution in [3.8, 4) is 0 Å². The Labute approximate surface area is 104 Å². The van der Waals surface area contributed by atoms with E-state index in [1.54, 1.807) is 24.3 Å². The number of carbonyl (C=O) groups excluding carboxylic acids is 1. The molecule has 0 aliphatic rings. The zero-order valence-corrected chi connectivity index (χ0v) is 10.1. The number of rotatable bonds is 5. The van der Waals surface area contributed by atoms with Gasteiger partial charge in [-0.05, 0) is 24.1 Å². The summed E-state index contributed by atoms with van der Waals surface area (Å²) in [6, 6.07) is 6.91. The van der Waals surface area contributed by atoms with Crippen molar-refractivity contribution in [2.75, 3.05) is 0 Å². The number of carbonyl (C=O) groups is 2. The average molecular weight is 257 g/mol. The van der Waals surface area contributed by atoms with Gasteiger partial charge in [0.1, 0.15) is 12.5 Å². The maximum atomic E-state index is 11.2. The van der Waals surface area contributed by atoms with Crippen molar-refractivity contribution in [2.24, 2.45) is 0 Å². The quantitative estimate of drug-likeness (QED) is 0.650. The predicted molar refractivity (Wildman–Crippen MR) is 62.8 cm³/mol. The first kappa shape index (κ1) is 13.5. The molecule has 5 heteroatoms. The first-order chi connectivity index (χ1) is 8.02. The normalized spacial score (nSPS) is 11.9. The summed E-state index contributed by atoms with van der Waals surface area (Å²) in [5, 5.41) is 9.06. The van der Waals surface area contributed by atoms with Gasteiger partial charge in [-0.15, -0.1) is 0 Å². The highest BCUT2D eigenvalue weighted by atomic mass is 35.5. The second-order valence-electron chi connectivity index (χ2n) is 3.51. The molecule has 92 valence electrons. The van der Waals surface area contributed by atoms with E-state index in [1.165, 1.54) is 0 Å². The van der Waals surface area contributed by atoms with E-state index >= 15 is 0 Å². The number of carboxylic acids is 1. The highest BCUT2D eigenvalue weighted by Gasteiger charge is 2.16. The largest absolute Gasteiger partial charge is 0.481 e. The summed E-state index contributed by atoms with van der Waals surface area (Å²) in [5.74, 6) is -1.93. The monoisotopic (exact) mass is 256 g/mol. The maximum Gasteiger partial charge on any atom is 0.317 e. The van der Waals surface area contributed by atoms with Crippen LogP contribution in [0.15, 0.2) is 24.3 Å². The van der Waals surface area contributed by atoms with Gasteiger partial charge in [-0.25, -0.2) is 0 Å². The van der Waals surface area contributed by atoms with E-state index in [1.807, 2.05) is 6.92 Å². The Bertz CT molecular complexity index is 399. The summed E-state index contributed by atoms with van der Waals surface area (Å²) in [6.45, 7) is 1.85. The number of esters is 1. The van der Waals surface area contributed by atoms with Gasteiger partial charge in [0.05, 0.1) is 0 Å². The van der Waals surface area contributed by atoms with Crippen LogP contribution in [0.3, 0.4) is 0 Å². The van der Waals surface area contributed by atoms with E-state index in [0.717, 1.165) is 5.56 Å². The van der Waals surface area contributed by atoms with Gasteiger partial charge in [-0.2, -0.15) is 0 Å². The summed E-state index contributed by atoms with van der Waals surface area (Å²) in [7, 11) is 0. The molecule has 17 heavy (non-hydrogen) atoms. The lowest BCUT2D eigenvalue weighted by Crippen LogP contribution is -2.14. The van der Waals surface area contributed by atoms with Crippen molar-refractivity contribution in [3.05, 3.63) is 34.9 Å². The van der Waals surface area contributed by atoms with Gasteiger partial charge in [0, 0.05) is 5.02 Å². The highest BCUT2D eigenvalue weighted by molar-refractivity contribution is 6.30. The maximum absolute atomic E-state index is 11.2. The van der Waals surface area contributed by atoms with Gasteiger partial charge in [-0.1, -0.05) is 30.7 Å². The third-order valence-electron chi connectivity index (χ3n) is 2.18. The van der Waals surface area contributed by atoms with Crippen LogP contribution < -0.4 is 0 Å². The molecule has 0 spiro atoms. The lowest BCUT2D eigenvalue weighted by Gasteiger charge is -2.16. The van der Waals surface area contributed by atoms with E-state index in [9.17, 15) is 9.59 Å². The molecule has 4 nitrogen and oxygen atoms in total. The Hall–Kier alpha value is -1.55. The molecule has 1 N–H and O–H groups in total. The zero-order chi connectivity index (χ0) is 12.8. The Kier molecular flexibility index (Phi) is 4.97. The molecule has 0 heterocycles.